The first-order valence-corrected chi connectivity index (χ1v) is 6.76. The van der Waals surface area contributed by atoms with Crippen LogP contribution in [0.3, 0.4) is 0 Å². The van der Waals surface area contributed by atoms with E-state index in [1.807, 2.05) is 0 Å². The second kappa shape index (κ2) is 4.99. The van der Waals surface area contributed by atoms with Gasteiger partial charge in [0.2, 0.25) is 0 Å². The summed E-state index contributed by atoms with van der Waals surface area (Å²) in [7, 11) is -3.53. The van der Waals surface area contributed by atoms with Gasteiger partial charge in [0, 0.05) is 31.9 Å². The van der Waals surface area contributed by atoms with Crippen LogP contribution in [0.5, 0.6) is 0 Å². The zero-order valence-corrected chi connectivity index (χ0v) is 10.0. The number of hydrogen-bond donors (Lipinski definition) is 2. The van der Waals surface area contributed by atoms with E-state index in [1.165, 1.54) is 28.6 Å². The molecule has 1 aromatic carbocycles. The van der Waals surface area contributed by atoms with Crippen LogP contribution in [-0.4, -0.2) is 38.9 Å². The third kappa shape index (κ3) is 3.15. The molecule has 0 amide bonds. The Hall–Kier alpha value is -1.18. The molecule has 1 aliphatic rings. The van der Waals surface area contributed by atoms with Gasteiger partial charge >= 0.3 is 10.2 Å². The average molecular weight is 259 g/mol. The highest BCUT2D eigenvalue weighted by Gasteiger charge is 2.23. The van der Waals surface area contributed by atoms with E-state index in [9.17, 15) is 12.8 Å². The molecule has 1 heterocycles. The smallest absolute Gasteiger partial charge is 0.301 e. The van der Waals surface area contributed by atoms with E-state index in [2.05, 4.69) is 10.0 Å². The molecule has 17 heavy (non-hydrogen) atoms. The van der Waals surface area contributed by atoms with Gasteiger partial charge < -0.3 is 5.32 Å². The Labute approximate surface area is 99.8 Å². The quantitative estimate of drug-likeness (QED) is 0.825. The molecule has 0 radical (unpaired) electrons. The fourth-order valence-electron chi connectivity index (χ4n) is 1.62. The number of anilines is 1. The summed E-state index contributed by atoms with van der Waals surface area (Å²) in [4.78, 5) is 0. The molecule has 0 atom stereocenters. The van der Waals surface area contributed by atoms with Gasteiger partial charge in [-0.3, -0.25) is 4.72 Å². The fraction of sp³-hybridized carbons (Fsp3) is 0.400. The maximum atomic E-state index is 12.7. The van der Waals surface area contributed by atoms with Gasteiger partial charge in [0.25, 0.3) is 0 Å². The Morgan fingerprint density at radius 3 is 2.35 bits per heavy atom. The fourth-order valence-corrected chi connectivity index (χ4v) is 2.84. The predicted molar refractivity (Wildman–Crippen MR) is 63.4 cm³/mol. The number of piperazine rings is 1. The average Bonchev–Trinajstić information content (AvgIpc) is 2.33. The van der Waals surface area contributed by atoms with Gasteiger partial charge in [-0.2, -0.15) is 12.7 Å². The molecule has 2 N–H and O–H groups in total. The van der Waals surface area contributed by atoms with Crippen molar-refractivity contribution in [2.75, 3.05) is 30.9 Å². The van der Waals surface area contributed by atoms with Crippen LogP contribution in [0.15, 0.2) is 24.3 Å². The van der Waals surface area contributed by atoms with E-state index in [-0.39, 0.29) is 0 Å². The molecule has 2 rings (SSSR count). The molecule has 0 spiro atoms. The van der Waals surface area contributed by atoms with Gasteiger partial charge in [0.1, 0.15) is 5.82 Å². The normalized spacial score (nSPS) is 17.9. The van der Waals surface area contributed by atoms with Crippen molar-refractivity contribution in [1.29, 1.82) is 0 Å². The first-order chi connectivity index (χ1) is 8.08. The lowest BCUT2D eigenvalue weighted by molar-refractivity contribution is 0.362. The summed E-state index contributed by atoms with van der Waals surface area (Å²) in [5, 5.41) is 3.07. The highest BCUT2D eigenvalue weighted by Crippen LogP contribution is 2.12. The van der Waals surface area contributed by atoms with Crippen LogP contribution in [0, 0.1) is 5.82 Å². The standard InChI is InChI=1S/C10H14FN3O2S/c11-9-1-3-10(4-2-9)13-17(15,16)14-7-5-12-6-8-14/h1-4,12-13H,5-8H2. The van der Waals surface area contributed by atoms with Crippen molar-refractivity contribution >= 4 is 15.9 Å². The highest BCUT2D eigenvalue weighted by atomic mass is 32.2. The van der Waals surface area contributed by atoms with Crippen LogP contribution in [0.25, 0.3) is 0 Å². The van der Waals surface area contributed by atoms with Gasteiger partial charge in [-0.25, -0.2) is 4.39 Å². The lowest BCUT2D eigenvalue weighted by Crippen LogP contribution is -2.48. The minimum atomic E-state index is -3.53. The summed E-state index contributed by atoms with van der Waals surface area (Å²) >= 11 is 0. The highest BCUT2D eigenvalue weighted by molar-refractivity contribution is 7.90. The summed E-state index contributed by atoms with van der Waals surface area (Å²) < 4.78 is 40.3. The first kappa shape index (κ1) is 12.3. The Balaban J connectivity index is 2.08. The molecule has 1 saturated heterocycles. The molecule has 0 bridgehead atoms. The van der Waals surface area contributed by atoms with Crippen molar-refractivity contribution < 1.29 is 12.8 Å². The summed E-state index contributed by atoms with van der Waals surface area (Å²) in [6.45, 7) is 2.17. The van der Waals surface area contributed by atoms with E-state index in [0.717, 1.165) is 0 Å². The minimum Gasteiger partial charge on any atom is -0.314 e. The van der Waals surface area contributed by atoms with Gasteiger partial charge in [-0.05, 0) is 24.3 Å². The van der Waals surface area contributed by atoms with E-state index >= 15 is 0 Å². The van der Waals surface area contributed by atoms with Gasteiger partial charge in [-0.15, -0.1) is 0 Å². The number of benzene rings is 1. The van der Waals surface area contributed by atoms with Crippen molar-refractivity contribution in [3.05, 3.63) is 30.1 Å². The van der Waals surface area contributed by atoms with E-state index in [1.54, 1.807) is 0 Å². The molecule has 1 aliphatic heterocycles. The lowest BCUT2D eigenvalue weighted by Gasteiger charge is -2.26. The Bertz CT molecular complexity index is 469. The van der Waals surface area contributed by atoms with Crippen LogP contribution >= 0.6 is 0 Å². The summed E-state index contributed by atoms with van der Waals surface area (Å²) in [6, 6.07) is 5.23. The van der Waals surface area contributed by atoms with Gasteiger partial charge in [-0.1, -0.05) is 0 Å². The molecule has 0 unspecified atom stereocenters. The number of rotatable bonds is 3. The molecular formula is C10H14FN3O2S. The Kier molecular flexibility index (Phi) is 3.60. The Morgan fingerprint density at radius 2 is 1.76 bits per heavy atom. The second-order valence-electron chi connectivity index (χ2n) is 3.76. The van der Waals surface area contributed by atoms with Gasteiger partial charge in [0.15, 0.2) is 0 Å². The first-order valence-electron chi connectivity index (χ1n) is 5.32. The topological polar surface area (TPSA) is 61.4 Å². The van der Waals surface area contributed by atoms with Crippen molar-refractivity contribution in [2.24, 2.45) is 0 Å². The number of hydrogen-bond acceptors (Lipinski definition) is 3. The van der Waals surface area contributed by atoms with Crippen LogP contribution in [0.4, 0.5) is 10.1 Å². The number of halogens is 1. The molecule has 0 aliphatic carbocycles. The van der Waals surface area contributed by atoms with Crippen molar-refractivity contribution in [3.8, 4) is 0 Å². The molecule has 1 fully saturated rings. The summed E-state index contributed by atoms with van der Waals surface area (Å²) in [6.07, 6.45) is 0. The SMILES string of the molecule is O=S(=O)(Nc1ccc(F)cc1)N1CCNCC1. The molecular weight excluding hydrogens is 245 g/mol. The van der Waals surface area contributed by atoms with Crippen molar-refractivity contribution in [3.63, 3.8) is 0 Å². The largest absolute Gasteiger partial charge is 0.314 e. The maximum absolute atomic E-state index is 12.7. The van der Waals surface area contributed by atoms with Crippen LogP contribution < -0.4 is 10.0 Å². The molecule has 0 saturated carbocycles. The molecule has 7 heteroatoms. The third-order valence-corrected chi connectivity index (χ3v) is 4.05. The minimum absolute atomic E-state index is 0.366. The van der Waals surface area contributed by atoms with E-state index in [4.69, 9.17) is 0 Å². The molecule has 94 valence electrons. The maximum Gasteiger partial charge on any atom is 0.301 e. The van der Waals surface area contributed by atoms with Crippen LogP contribution in [0.1, 0.15) is 0 Å². The summed E-state index contributed by atoms with van der Waals surface area (Å²) in [5.41, 5.74) is 0.366. The third-order valence-electron chi connectivity index (χ3n) is 2.51. The molecule has 5 nitrogen and oxygen atoms in total. The lowest BCUT2D eigenvalue weighted by atomic mass is 10.3. The van der Waals surface area contributed by atoms with Gasteiger partial charge in [0.05, 0.1) is 0 Å². The monoisotopic (exact) mass is 259 g/mol. The zero-order valence-electron chi connectivity index (χ0n) is 9.19. The van der Waals surface area contributed by atoms with Crippen LogP contribution in [0.2, 0.25) is 0 Å². The number of nitrogens with one attached hydrogen (secondary N) is 2. The number of nitrogens with zero attached hydrogens (tertiary/aromatic N) is 1. The second-order valence-corrected chi connectivity index (χ2v) is 5.43. The van der Waals surface area contributed by atoms with E-state index in [0.29, 0.717) is 31.9 Å². The summed E-state index contributed by atoms with van der Waals surface area (Å²) in [5.74, 6) is -0.393. The molecule has 0 aromatic heterocycles. The van der Waals surface area contributed by atoms with Crippen molar-refractivity contribution in [2.45, 2.75) is 0 Å². The van der Waals surface area contributed by atoms with Crippen molar-refractivity contribution in [1.82, 2.24) is 9.62 Å². The molecule has 1 aromatic rings. The Morgan fingerprint density at radius 1 is 1.18 bits per heavy atom. The zero-order chi connectivity index (χ0) is 12.3. The van der Waals surface area contributed by atoms with Crippen LogP contribution in [-0.2, 0) is 10.2 Å². The predicted octanol–water partition coefficient (Wildman–Crippen LogP) is 0.388. The van der Waals surface area contributed by atoms with E-state index < -0.39 is 16.0 Å².